The maximum Gasteiger partial charge on any atom is 0.233 e. The van der Waals surface area contributed by atoms with Crippen LogP contribution in [0.5, 0.6) is 0 Å². The molecule has 1 amide bonds. The molecule has 0 aromatic rings. The van der Waals surface area contributed by atoms with E-state index in [1.54, 1.807) is 6.92 Å². The zero-order chi connectivity index (χ0) is 9.78. The highest BCUT2D eigenvalue weighted by Gasteiger charge is 2.08. The van der Waals surface area contributed by atoms with E-state index in [0.29, 0.717) is 0 Å². The van der Waals surface area contributed by atoms with Crippen LogP contribution >= 0.6 is 15.9 Å². The highest BCUT2D eigenvalue weighted by molar-refractivity contribution is 9.10. The van der Waals surface area contributed by atoms with Crippen molar-refractivity contribution in [1.29, 1.82) is 0 Å². The second-order valence-electron chi connectivity index (χ2n) is 2.54. The van der Waals surface area contributed by atoms with Gasteiger partial charge in [0, 0.05) is 12.8 Å². The summed E-state index contributed by atoms with van der Waals surface area (Å²) < 4.78 is 21.2. The van der Waals surface area contributed by atoms with Crippen LogP contribution in [0, 0.1) is 0 Å². The van der Waals surface area contributed by atoms with Gasteiger partial charge < -0.3 is 5.32 Å². The fraction of sp³-hybridized carbons (Fsp3) is 0.833. The lowest BCUT2D eigenvalue weighted by atomic mass is 10.4. The van der Waals surface area contributed by atoms with E-state index in [2.05, 4.69) is 21.2 Å². The van der Waals surface area contributed by atoms with Crippen LogP contribution in [0.3, 0.4) is 0 Å². The van der Waals surface area contributed by atoms with Gasteiger partial charge in [0.15, 0.2) is 0 Å². The first-order valence-corrected chi connectivity index (χ1v) is 6.40. The van der Waals surface area contributed by atoms with E-state index in [4.69, 9.17) is 0 Å². The van der Waals surface area contributed by atoms with Crippen molar-refractivity contribution in [3.63, 3.8) is 0 Å². The zero-order valence-corrected chi connectivity index (χ0v) is 9.41. The van der Waals surface area contributed by atoms with Gasteiger partial charge in [-0.05, 0) is 6.92 Å². The van der Waals surface area contributed by atoms with E-state index in [9.17, 15) is 13.2 Å². The molecule has 6 heteroatoms. The Hall–Kier alpha value is -0.100. The second kappa shape index (κ2) is 4.81. The van der Waals surface area contributed by atoms with Gasteiger partial charge in [0.1, 0.15) is 9.84 Å². The van der Waals surface area contributed by atoms with Crippen molar-refractivity contribution in [2.24, 2.45) is 0 Å². The SMILES string of the molecule is CC(Br)C(=O)NCCS(C)(=O)=O. The van der Waals surface area contributed by atoms with Crippen LogP contribution in [0.4, 0.5) is 0 Å². The molecule has 1 unspecified atom stereocenters. The average Bonchev–Trinajstić information content (AvgIpc) is 1.84. The number of carbonyl (C=O) groups is 1. The number of alkyl halides is 1. The van der Waals surface area contributed by atoms with E-state index < -0.39 is 9.84 Å². The molecule has 0 bridgehead atoms. The first-order chi connectivity index (χ1) is 5.33. The summed E-state index contributed by atoms with van der Waals surface area (Å²) in [5, 5.41) is 2.47. The quantitative estimate of drug-likeness (QED) is 0.718. The van der Waals surface area contributed by atoms with Crippen LogP contribution in [-0.4, -0.2) is 37.7 Å². The van der Waals surface area contributed by atoms with Crippen LogP contribution in [0.25, 0.3) is 0 Å². The lowest BCUT2D eigenvalue weighted by Gasteiger charge is -2.04. The van der Waals surface area contributed by atoms with Crippen LogP contribution in [0.15, 0.2) is 0 Å². The predicted molar refractivity (Wildman–Crippen MR) is 51.1 cm³/mol. The van der Waals surface area contributed by atoms with Gasteiger partial charge in [-0.2, -0.15) is 0 Å². The number of hydrogen-bond donors (Lipinski definition) is 1. The molecule has 4 nitrogen and oxygen atoms in total. The molecule has 0 aliphatic carbocycles. The third-order valence-electron chi connectivity index (χ3n) is 1.13. The molecule has 0 rings (SSSR count). The van der Waals surface area contributed by atoms with Gasteiger partial charge in [-0.25, -0.2) is 8.42 Å². The molecule has 1 atom stereocenters. The molecule has 0 aromatic carbocycles. The van der Waals surface area contributed by atoms with E-state index in [-0.39, 0.29) is 23.0 Å². The molecular weight excluding hydrogens is 246 g/mol. The highest BCUT2D eigenvalue weighted by Crippen LogP contribution is 1.95. The van der Waals surface area contributed by atoms with Gasteiger partial charge >= 0.3 is 0 Å². The Morgan fingerprint density at radius 1 is 1.58 bits per heavy atom. The Balaban J connectivity index is 3.66. The summed E-state index contributed by atoms with van der Waals surface area (Å²) in [6.07, 6.45) is 1.14. The highest BCUT2D eigenvalue weighted by atomic mass is 79.9. The van der Waals surface area contributed by atoms with Gasteiger partial charge in [-0.15, -0.1) is 0 Å². The third kappa shape index (κ3) is 6.60. The maximum absolute atomic E-state index is 10.9. The Labute approximate surface area is 80.8 Å². The van der Waals surface area contributed by atoms with Gasteiger partial charge in [0.25, 0.3) is 0 Å². The molecular formula is C6H12BrNO3S. The standard InChI is InChI=1S/C6H12BrNO3S/c1-5(7)6(9)8-3-4-12(2,10)11/h5H,3-4H2,1-2H3,(H,8,9). The van der Waals surface area contributed by atoms with Crippen molar-refractivity contribution < 1.29 is 13.2 Å². The molecule has 12 heavy (non-hydrogen) atoms. The number of halogens is 1. The summed E-state index contributed by atoms with van der Waals surface area (Å²) in [6.45, 7) is 1.85. The summed E-state index contributed by atoms with van der Waals surface area (Å²) in [6, 6.07) is 0. The molecule has 0 saturated carbocycles. The van der Waals surface area contributed by atoms with Gasteiger partial charge in [0.2, 0.25) is 5.91 Å². The topological polar surface area (TPSA) is 63.2 Å². The van der Waals surface area contributed by atoms with Crippen molar-refractivity contribution in [2.75, 3.05) is 18.6 Å². The van der Waals surface area contributed by atoms with Gasteiger partial charge in [0.05, 0.1) is 10.6 Å². The van der Waals surface area contributed by atoms with Gasteiger partial charge in [-0.3, -0.25) is 4.79 Å². The first kappa shape index (κ1) is 11.9. The summed E-state index contributed by atoms with van der Waals surface area (Å²) in [5.41, 5.74) is 0. The molecule has 1 N–H and O–H groups in total. The smallest absolute Gasteiger partial charge is 0.233 e. The average molecular weight is 258 g/mol. The lowest BCUT2D eigenvalue weighted by molar-refractivity contribution is -0.120. The van der Waals surface area contributed by atoms with Crippen LogP contribution in [0.2, 0.25) is 0 Å². The fourth-order valence-corrected chi connectivity index (χ4v) is 1.13. The summed E-state index contributed by atoms with van der Waals surface area (Å²) >= 11 is 3.06. The Kier molecular flexibility index (Phi) is 4.77. The summed E-state index contributed by atoms with van der Waals surface area (Å²) in [4.78, 5) is 10.6. The summed E-state index contributed by atoms with van der Waals surface area (Å²) in [5.74, 6) is -0.211. The minimum absolute atomic E-state index is 0.0154. The van der Waals surface area contributed by atoms with Crippen molar-refractivity contribution in [1.82, 2.24) is 5.32 Å². The molecule has 0 aliphatic heterocycles. The zero-order valence-electron chi connectivity index (χ0n) is 7.00. The summed E-state index contributed by atoms with van der Waals surface area (Å²) in [7, 11) is -2.98. The predicted octanol–water partition coefficient (Wildman–Crippen LogP) is -0.0694. The number of nitrogens with one attached hydrogen (secondary N) is 1. The van der Waals surface area contributed by atoms with E-state index in [1.807, 2.05) is 0 Å². The molecule has 0 spiro atoms. The minimum atomic E-state index is -2.98. The second-order valence-corrected chi connectivity index (χ2v) is 6.17. The Morgan fingerprint density at radius 2 is 2.08 bits per heavy atom. The molecule has 0 aromatic heterocycles. The van der Waals surface area contributed by atoms with Crippen LogP contribution < -0.4 is 5.32 Å². The molecule has 0 heterocycles. The largest absolute Gasteiger partial charge is 0.354 e. The molecule has 0 radical (unpaired) electrons. The minimum Gasteiger partial charge on any atom is -0.354 e. The van der Waals surface area contributed by atoms with Crippen molar-refractivity contribution in [3.8, 4) is 0 Å². The molecule has 0 saturated heterocycles. The monoisotopic (exact) mass is 257 g/mol. The lowest BCUT2D eigenvalue weighted by Crippen LogP contribution is -2.33. The van der Waals surface area contributed by atoms with Crippen LogP contribution in [0.1, 0.15) is 6.92 Å². The molecule has 0 fully saturated rings. The first-order valence-electron chi connectivity index (χ1n) is 3.42. The number of sulfone groups is 1. The number of amides is 1. The number of rotatable bonds is 4. The Bertz CT molecular complexity index is 248. The number of hydrogen-bond acceptors (Lipinski definition) is 3. The van der Waals surface area contributed by atoms with E-state index in [1.165, 1.54) is 0 Å². The molecule has 0 aliphatic rings. The van der Waals surface area contributed by atoms with Gasteiger partial charge in [-0.1, -0.05) is 15.9 Å². The normalized spacial score (nSPS) is 13.9. The van der Waals surface area contributed by atoms with Crippen molar-refractivity contribution in [2.45, 2.75) is 11.8 Å². The van der Waals surface area contributed by atoms with Crippen molar-refractivity contribution >= 4 is 31.7 Å². The molecule has 72 valence electrons. The number of carbonyl (C=O) groups excluding carboxylic acids is 1. The van der Waals surface area contributed by atoms with Crippen LogP contribution in [-0.2, 0) is 14.6 Å². The van der Waals surface area contributed by atoms with E-state index in [0.717, 1.165) is 6.26 Å². The van der Waals surface area contributed by atoms with E-state index >= 15 is 0 Å². The van der Waals surface area contributed by atoms with Crippen molar-refractivity contribution in [3.05, 3.63) is 0 Å². The Morgan fingerprint density at radius 3 is 2.42 bits per heavy atom. The fourth-order valence-electron chi connectivity index (χ4n) is 0.500. The third-order valence-corrected chi connectivity index (χ3v) is 2.49. The maximum atomic E-state index is 10.9.